The fraction of sp³-hybridized carbons (Fsp3) is 0.909. The zero-order valence-corrected chi connectivity index (χ0v) is 11.1. The van der Waals surface area contributed by atoms with E-state index in [1.54, 1.807) is 11.8 Å². The molecule has 0 aromatic heterocycles. The monoisotopic (exact) mass is 245 g/mol. The van der Waals surface area contributed by atoms with E-state index in [4.69, 9.17) is 5.73 Å². The van der Waals surface area contributed by atoms with Gasteiger partial charge in [0, 0.05) is 13.1 Å². The molecule has 1 aliphatic rings. The first-order chi connectivity index (χ1) is 7.63. The number of nitrogens with two attached hydrogens (primary N) is 1. The summed E-state index contributed by atoms with van der Waals surface area (Å²) in [6, 6.07) is -0.341. The highest BCUT2D eigenvalue weighted by Gasteiger charge is 2.21. The van der Waals surface area contributed by atoms with E-state index in [1.807, 2.05) is 6.26 Å². The minimum Gasteiger partial charge on any atom is -0.354 e. The van der Waals surface area contributed by atoms with Crippen LogP contribution in [0.25, 0.3) is 0 Å². The molecule has 0 bridgehead atoms. The number of rotatable bonds is 6. The molecule has 1 amide bonds. The van der Waals surface area contributed by atoms with Crippen molar-refractivity contribution in [1.29, 1.82) is 0 Å². The van der Waals surface area contributed by atoms with Crippen LogP contribution < -0.4 is 11.1 Å². The van der Waals surface area contributed by atoms with Crippen molar-refractivity contribution in [2.24, 2.45) is 11.7 Å². The molecule has 94 valence electrons. The molecular formula is C11H23N3OS. The molecule has 0 aromatic rings. The smallest absolute Gasteiger partial charge is 0.236 e. The van der Waals surface area contributed by atoms with Gasteiger partial charge >= 0.3 is 0 Å². The molecule has 1 unspecified atom stereocenters. The molecule has 0 spiro atoms. The molecule has 0 aliphatic carbocycles. The number of carbonyl (C=O) groups excluding carboxylic acids is 1. The van der Waals surface area contributed by atoms with Gasteiger partial charge in [-0.15, -0.1) is 0 Å². The van der Waals surface area contributed by atoms with Crippen LogP contribution in [0.15, 0.2) is 0 Å². The molecule has 1 saturated heterocycles. The fourth-order valence-electron chi connectivity index (χ4n) is 1.94. The minimum atomic E-state index is -0.341. The van der Waals surface area contributed by atoms with Gasteiger partial charge in [0.15, 0.2) is 0 Å². The Hall–Kier alpha value is -0.260. The van der Waals surface area contributed by atoms with E-state index in [0.29, 0.717) is 5.92 Å². The molecule has 0 saturated carbocycles. The van der Waals surface area contributed by atoms with Crippen molar-refractivity contribution in [3.05, 3.63) is 0 Å². The van der Waals surface area contributed by atoms with Crippen molar-refractivity contribution < 1.29 is 4.79 Å². The lowest BCUT2D eigenvalue weighted by Crippen LogP contribution is -2.43. The molecule has 2 atom stereocenters. The van der Waals surface area contributed by atoms with E-state index >= 15 is 0 Å². The average Bonchev–Trinajstić information content (AvgIpc) is 2.68. The van der Waals surface area contributed by atoms with Gasteiger partial charge in [-0.25, -0.2) is 0 Å². The van der Waals surface area contributed by atoms with Gasteiger partial charge in [-0.3, -0.25) is 4.79 Å². The molecule has 0 aromatic carbocycles. The molecule has 16 heavy (non-hydrogen) atoms. The van der Waals surface area contributed by atoms with Crippen LogP contribution in [0.2, 0.25) is 0 Å². The highest BCUT2D eigenvalue weighted by atomic mass is 32.2. The van der Waals surface area contributed by atoms with Crippen LogP contribution >= 0.6 is 11.8 Å². The number of likely N-dealkylation sites (tertiary alicyclic amines) is 1. The first-order valence-electron chi connectivity index (χ1n) is 5.84. The Morgan fingerprint density at radius 3 is 3.00 bits per heavy atom. The SMILES string of the molecule is CSCC[C@@H](N)C(=O)NCC1CCN(C)C1. The topological polar surface area (TPSA) is 58.4 Å². The van der Waals surface area contributed by atoms with Crippen molar-refractivity contribution in [2.45, 2.75) is 18.9 Å². The van der Waals surface area contributed by atoms with Crippen LogP contribution in [0.5, 0.6) is 0 Å². The molecule has 4 nitrogen and oxygen atoms in total. The second-order valence-corrected chi connectivity index (χ2v) is 5.54. The second-order valence-electron chi connectivity index (χ2n) is 4.55. The van der Waals surface area contributed by atoms with Crippen molar-refractivity contribution in [3.63, 3.8) is 0 Å². The summed E-state index contributed by atoms with van der Waals surface area (Å²) in [6.45, 7) is 3.00. The molecule has 1 heterocycles. The van der Waals surface area contributed by atoms with Crippen LogP contribution in [-0.4, -0.2) is 55.5 Å². The quantitative estimate of drug-likeness (QED) is 0.698. The van der Waals surface area contributed by atoms with Crippen LogP contribution in [0, 0.1) is 5.92 Å². The van der Waals surface area contributed by atoms with Crippen LogP contribution in [0.3, 0.4) is 0 Å². The summed E-state index contributed by atoms with van der Waals surface area (Å²) in [5.74, 6) is 1.55. The van der Waals surface area contributed by atoms with E-state index in [1.165, 1.54) is 6.42 Å². The molecular weight excluding hydrogens is 222 g/mol. The molecule has 1 fully saturated rings. The largest absolute Gasteiger partial charge is 0.354 e. The zero-order chi connectivity index (χ0) is 12.0. The van der Waals surface area contributed by atoms with Crippen molar-refractivity contribution in [2.75, 3.05) is 38.7 Å². The van der Waals surface area contributed by atoms with Gasteiger partial charge in [-0.05, 0) is 44.4 Å². The summed E-state index contributed by atoms with van der Waals surface area (Å²) in [5, 5.41) is 2.95. The molecule has 1 rings (SSSR count). The van der Waals surface area contributed by atoms with E-state index in [-0.39, 0.29) is 11.9 Å². The Labute approximate surface area is 102 Å². The van der Waals surface area contributed by atoms with Gasteiger partial charge in [-0.1, -0.05) is 0 Å². The Balaban J connectivity index is 2.14. The third-order valence-electron chi connectivity index (χ3n) is 3.02. The van der Waals surface area contributed by atoms with E-state index in [9.17, 15) is 4.79 Å². The Morgan fingerprint density at radius 1 is 1.69 bits per heavy atom. The third kappa shape index (κ3) is 4.72. The number of hydrogen-bond acceptors (Lipinski definition) is 4. The summed E-state index contributed by atoms with van der Waals surface area (Å²) < 4.78 is 0. The lowest BCUT2D eigenvalue weighted by molar-refractivity contribution is -0.122. The number of nitrogens with zero attached hydrogens (tertiary/aromatic N) is 1. The highest BCUT2D eigenvalue weighted by Crippen LogP contribution is 2.12. The molecule has 5 heteroatoms. The third-order valence-corrected chi connectivity index (χ3v) is 3.67. The van der Waals surface area contributed by atoms with Crippen LogP contribution in [0.4, 0.5) is 0 Å². The van der Waals surface area contributed by atoms with Gasteiger partial charge in [0.2, 0.25) is 5.91 Å². The Kier molecular flexibility index (Phi) is 6.16. The summed E-state index contributed by atoms with van der Waals surface area (Å²) in [6.07, 6.45) is 3.97. The summed E-state index contributed by atoms with van der Waals surface area (Å²) in [4.78, 5) is 13.9. The maximum Gasteiger partial charge on any atom is 0.236 e. The van der Waals surface area contributed by atoms with Crippen LogP contribution in [-0.2, 0) is 4.79 Å². The van der Waals surface area contributed by atoms with E-state index < -0.39 is 0 Å². The first kappa shape index (κ1) is 13.8. The number of carbonyl (C=O) groups is 1. The van der Waals surface area contributed by atoms with Crippen molar-refractivity contribution >= 4 is 17.7 Å². The minimum absolute atomic E-state index is 0.00334. The van der Waals surface area contributed by atoms with Gasteiger partial charge in [-0.2, -0.15) is 11.8 Å². The number of hydrogen-bond donors (Lipinski definition) is 2. The van der Waals surface area contributed by atoms with E-state index in [2.05, 4.69) is 17.3 Å². The van der Waals surface area contributed by atoms with Gasteiger partial charge in [0.1, 0.15) is 0 Å². The van der Waals surface area contributed by atoms with Gasteiger partial charge in [0.05, 0.1) is 6.04 Å². The van der Waals surface area contributed by atoms with Crippen molar-refractivity contribution in [3.8, 4) is 0 Å². The molecule has 3 N–H and O–H groups in total. The lowest BCUT2D eigenvalue weighted by Gasteiger charge is -2.15. The predicted octanol–water partition coefficient (Wildman–Crippen LogP) is 0.135. The Morgan fingerprint density at radius 2 is 2.44 bits per heavy atom. The lowest BCUT2D eigenvalue weighted by atomic mass is 10.1. The maximum absolute atomic E-state index is 11.6. The normalized spacial score (nSPS) is 23.3. The van der Waals surface area contributed by atoms with E-state index in [0.717, 1.165) is 31.8 Å². The van der Waals surface area contributed by atoms with Crippen molar-refractivity contribution in [1.82, 2.24) is 10.2 Å². The summed E-state index contributed by atoms with van der Waals surface area (Å²) in [7, 11) is 2.12. The number of amides is 1. The van der Waals surface area contributed by atoms with Gasteiger partial charge in [0.25, 0.3) is 0 Å². The summed E-state index contributed by atoms with van der Waals surface area (Å²) >= 11 is 1.72. The van der Waals surface area contributed by atoms with Crippen LogP contribution in [0.1, 0.15) is 12.8 Å². The average molecular weight is 245 g/mol. The fourth-order valence-corrected chi connectivity index (χ4v) is 2.43. The first-order valence-corrected chi connectivity index (χ1v) is 7.23. The standard InChI is InChI=1S/C11H23N3OS/c1-14-5-3-9(8-14)7-13-11(15)10(12)4-6-16-2/h9-10H,3-8,12H2,1-2H3,(H,13,15)/t9?,10-/m1/s1. The Bertz CT molecular complexity index is 225. The summed E-state index contributed by atoms with van der Waals surface area (Å²) in [5.41, 5.74) is 5.78. The highest BCUT2D eigenvalue weighted by molar-refractivity contribution is 7.98. The number of nitrogens with one attached hydrogen (secondary N) is 1. The maximum atomic E-state index is 11.6. The predicted molar refractivity (Wildman–Crippen MR) is 69.6 cm³/mol. The molecule has 1 aliphatic heterocycles. The molecule has 0 radical (unpaired) electrons. The second kappa shape index (κ2) is 7.14. The van der Waals surface area contributed by atoms with Gasteiger partial charge < -0.3 is 16.0 Å². The zero-order valence-electron chi connectivity index (χ0n) is 10.2. The number of thioether (sulfide) groups is 1.